The van der Waals surface area contributed by atoms with Crippen molar-refractivity contribution in [2.45, 2.75) is 45.5 Å². The predicted octanol–water partition coefficient (Wildman–Crippen LogP) is 1.54. The lowest BCUT2D eigenvalue weighted by Crippen LogP contribution is -2.47. The van der Waals surface area contributed by atoms with Crippen molar-refractivity contribution < 1.29 is 4.74 Å². The summed E-state index contributed by atoms with van der Waals surface area (Å²) in [7, 11) is 0. The molecular formula is C14H23N3O. The lowest BCUT2D eigenvalue weighted by molar-refractivity contribution is -0.0592. The SMILES string of the molecule is CCC1COC(C)CN1Cc1ccnc(CN)c1. The van der Waals surface area contributed by atoms with E-state index in [1.165, 1.54) is 5.56 Å². The Balaban J connectivity index is 2.05. The minimum absolute atomic E-state index is 0.323. The molecule has 18 heavy (non-hydrogen) atoms. The second-order valence-corrected chi connectivity index (χ2v) is 5.00. The average Bonchev–Trinajstić information content (AvgIpc) is 2.39. The maximum Gasteiger partial charge on any atom is 0.0674 e. The Morgan fingerprint density at radius 1 is 1.56 bits per heavy atom. The minimum atomic E-state index is 0.323. The van der Waals surface area contributed by atoms with Gasteiger partial charge in [-0.2, -0.15) is 0 Å². The van der Waals surface area contributed by atoms with Crippen LogP contribution < -0.4 is 5.73 Å². The Bertz CT molecular complexity index is 383. The molecule has 1 aromatic heterocycles. The zero-order valence-electron chi connectivity index (χ0n) is 11.3. The van der Waals surface area contributed by atoms with E-state index in [-0.39, 0.29) is 0 Å². The van der Waals surface area contributed by atoms with Crippen LogP contribution >= 0.6 is 0 Å². The zero-order valence-corrected chi connectivity index (χ0v) is 11.3. The van der Waals surface area contributed by atoms with Crippen molar-refractivity contribution in [3.8, 4) is 0 Å². The number of ether oxygens (including phenoxy) is 1. The van der Waals surface area contributed by atoms with Crippen molar-refractivity contribution >= 4 is 0 Å². The zero-order chi connectivity index (χ0) is 13.0. The van der Waals surface area contributed by atoms with E-state index in [4.69, 9.17) is 10.5 Å². The van der Waals surface area contributed by atoms with Crippen LogP contribution in [0.3, 0.4) is 0 Å². The Hall–Kier alpha value is -0.970. The normalized spacial score (nSPS) is 25.3. The highest BCUT2D eigenvalue weighted by molar-refractivity contribution is 5.16. The topological polar surface area (TPSA) is 51.4 Å². The molecule has 1 fully saturated rings. The largest absolute Gasteiger partial charge is 0.376 e. The Morgan fingerprint density at radius 2 is 2.39 bits per heavy atom. The number of aromatic nitrogens is 1. The van der Waals surface area contributed by atoms with Crippen LogP contribution in [0.25, 0.3) is 0 Å². The summed E-state index contributed by atoms with van der Waals surface area (Å²) in [4.78, 5) is 6.74. The molecule has 2 atom stereocenters. The molecule has 4 heteroatoms. The van der Waals surface area contributed by atoms with E-state index < -0.39 is 0 Å². The summed E-state index contributed by atoms with van der Waals surface area (Å²) in [6.07, 6.45) is 3.30. The molecule has 0 aliphatic carbocycles. The second-order valence-electron chi connectivity index (χ2n) is 5.00. The van der Waals surface area contributed by atoms with E-state index in [0.29, 0.717) is 18.7 Å². The van der Waals surface area contributed by atoms with Crippen LogP contribution in [0, 0.1) is 0 Å². The first-order valence-corrected chi connectivity index (χ1v) is 6.72. The first-order chi connectivity index (χ1) is 8.72. The van der Waals surface area contributed by atoms with E-state index in [1.807, 2.05) is 6.20 Å². The minimum Gasteiger partial charge on any atom is -0.376 e. The van der Waals surface area contributed by atoms with Gasteiger partial charge in [0.15, 0.2) is 0 Å². The maximum atomic E-state index is 5.72. The standard InChI is InChI=1S/C14H23N3O/c1-3-14-10-18-11(2)8-17(14)9-12-4-5-16-13(6-12)7-15/h4-6,11,14H,3,7-10,15H2,1-2H3. The third kappa shape index (κ3) is 3.28. The van der Waals surface area contributed by atoms with Crippen molar-refractivity contribution in [2.75, 3.05) is 13.2 Å². The summed E-state index contributed by atoms with van der Waals surface area (Å²) >= 11 is 0. The van der Waals surface area contributed by atoms with Gasteiger partial charge in [0.2, 0.25) is 0 Å². The molecule has 2 N–H and O–H groups in total. The summed E-state index contributed by atoms with van der Waals surface area (Å²) in [5.74, 6) is 0. The molecule has 1 saturated heterocycles. The molecule has 0 saturated carbocycles. The molecule has 0 radical (unpaired) electrons. The number of rotatable bonds is 4. The van der Waals surface area contributed by atoms with Crippen molar-refractivity contribution in [1.29, 1.82) is 0 Å². The smallest absolute Gasteiger partial charge is 0.0674 e. The van der Waals surface area contributed by atoms with Gasteiger partial charge in [-0.3, -0.25) is 9.88 Å². The van der Waals surface area contributed by atoms with Gasteiger partial charge in [-0.05, 0) is 31.0 Å². The van der Waals surface area contributed by atoms with Crippen molar-refractivity contribution in [3.05, 3.63) is 29.6 Å². The van der Waals surface area contributed by atoms with E-state index in [2.05, 4.69) is 35.9 Å². The Kier molecular flexibility index (Phi) is 4.69. The highest BCUT2D eigenvalue weighted by Gasteiger charge is 2.25. The lowest BCUT2D eigenvalue weighted by Gasteiger charge is -2.38. The molecule has 0 aromatic carbocycles. The fourth-order valence-corrected chi connectivity index (χ4v) is 2.46. The van der Waals surface area contributed by atoms with Crippen LogP contribution in [-0.2, 0) is 17.8 Å². The fourth-order valence-electron chi connectivity index (χ4n) is 2.46. The highest BCUT2D eigenvalue weighted by Crippen LogP contribution is 2.17. The summed E-state index contributed by atoms with van der Waals surface area (Å²) in [5, 5.41) is 0. The number of hydrogen-bond acceptors (Lipinski definition) is 4. The lowest BCUT2D eigenvalue weighted by atomic mass is 10.1. The summed E-state index contributed by atoms with van der Waals surface area (Å²) in [6, 6.07) is 4.70. The van der Waals surface area contributed by atoms with Crippen LogP contribution in [0.2, 0.25) is 0 Å². The fraction of sp³-hybridized carbons (Fsp3) is 0.643. The second kappa shape index (κ2) is 6.27. The number of hydrogen-bond donors (Lipinski definition) is 1. The molecule has 0 bridgehead atoms. The summed E-state index contributed by atoms with van der Waals surface area (Å²) < 4.78 is 5.72. The number of morpholine rings is 1. The molecule has 1 aromatic rings. The van der Waals surface area contributed by atoms with Gasteiger partial charge in [0.05, 0.1) is 18.4 Å². The highest BCUT2D eigenvalue weighted by atomic mass is 16.5. The molecule has 1 aliphatic rings. The van der Waals surface area contributed by atoms with Crippen molar-refractivity contribution in [1.82, 2.24) is 9.88 Å². The van der Waals surface area contributed by atoms with Crippen molar-refractivity contribution in [2.24, 2.45) is 5.73 Å². The van der Waals surface area contributed by atoms with Crippen LogP contribution in [0.4, 0.5) is 0 Å². The molecule has 0 amide bonds. The van der Waals surface area contributed by atoms with Crippen LogP contribution in [0.15, 0.2) is 18.3 Å². The van der Waals surface area contributed by atoms with Crippen LogP contribution in [0.5, 0.6) is 0 Å². The quantitative estimate of drug-likeness (QED) is 0.879. The molecule has 1 aliphatic heterocycles. The van der Waals surface area contributed by atoms with E-state index in [9.17, 15) is 0 Å². The number of pyridine rings is 1. The third-order valence-corrected chi connectivity index (χ3v) is 3.53. The van der Waals surface area contributed by atoms with Gasteiger partial charge in [-0.15, -0.1) is 0 Å². The molecular weight excluding hydrogens is 226 g/mol. The van der Waals surface area contributed by atoms with Gasteiger partial charge in [0.1, 0.15) is 0 Å². The van der Waals surface area contributed by atoms with Gasteiger partial charge in [-0.25, -0.2) is 0 Å². The van der Waals surface area contributed by atoms with E-state index in [1.54, 1.807) is 0 Å². The number of nitrogens with two attached hydrogens (primary N) is 1. The van der Waals surface area contributed by atoms with Gasteiger partial charge in [0.25, 0.3) is 0 Å². The molecule has 0 spiro atoms. The first-order valence-electron chi connectivity index (χ1n) is 6.72. The van der Waals surface area contributed by atoms with Crippen molar-refractivity contribution in [3.63, 3.8) is 0 Å². The van der Waals surface area contributed by atoms with Gasteiger partial charge >= 0.3 is 0 Å². The first kappa shape index (κ1) is 13.5. The van der Waals surface area contributed by atoms with Gasteiger partial charge < -0.3 is 10.5 Å². The summed E-state index contributed by atoms with van der Waals surface area (Å²) in [5.41, 5.74) is 7.88. The molecule has 2 unspecified atom stereocenters. The predicted molar refractivity (Wildman–Crippen MR) is 72.0 cm³/mol. The van der Waals surface area contributed by atoms with Crippen LogP contribution in [-0.4, -0.2) is 35.2 Å². The Labute approximate surface area is 109 Å². The monoisotopic (exact) mass is 249 g/mol. The number of nitrogens with zero attached hydrogens (tertiary/aromatic N) is 2. The molecule has 2 heterocycles. The molecule has 4 nitrogen and oxygen atoms in total. The third-order valence-electron chi connectivity index (χ3n) is 3.53. The maximum absolute atomic E-state index is 5.72. The average molecular weight is 249 g/mol. The Morgan fingerprint density at radius 3 is 3.11 bits per heavy atom. The summed E-state index contributed by atoms with van der Waals surface area (Å²) in [6.45, 7) is 7.66. The molecule has 2 rings (SSSR count). The van der Waals surface area contributed by atoms with E-state index >= 15 is 0 Å². The van der Waals surface area contributed by atoms with E-state index in [0.717, 1.165) is 31.8 Å². The van der Waals surface area contributed by atoms with Crippen LogP contribution in [0.1, 0.15) is 31.5 Å². The van der Waals surface area contributed by atoms with Gasteiger partial charge in [-0.1, -0.05) is 6.92 Å². The molecule has 100 valence electrons. The van der Waals surface area contributed by atoms with Gasteiger partial charge in [0, 0.05) is 31.9 Å².